The van der Waals surface area contributed by atoms with Crippen LogP contribution in [0.1, 0.15) is 26.2 Å². The van der Waals surface area contributed by atoms with Gasteiger partial charge >= 0.3 is 0 Å². The molecule has 0 aromatic carbocycles. The number of aliphatic hydroxyl groups is 1. The van der Waals surface area contributed by atoms with E-state index in [-0.39, 0.29) is 24.9 Å². The minimum atomic E-state index is 0.0129. The molecule has 4 nitrogen and oxygen atoms in total. The Kier molecular flexibility index (Phi) is 5.40. The molecular formula is C10H20O4. The Bertz CT molecular complexity index is 149. The monoisotopic (exact) mass is 204 g/mol. The summed E-state index contributed by atoms with van der Waals surface area (Å²) in [5.74, 6) is 0. The molecule has 0 aliphatic carbocycles. The Morgan fingerprint density at radius 2 is 2.21 bits per heavy atom. The van der Waals surface area contributed by atoms with E-state index in [0.29, 0.717) is 13.2 Å². The van der Waals surface area contributed by atoms with Crippen LogP contribution in [-0.4, -0.2) is 43.9 Å². The Balaban J connectivity index is 2.36. The predicted octanol–water partition coefficient (Wildman–Crippen LogP) is 0.925. The van der Waals surface area contributed by atoms with Gasteiger partial charge in [-0.05, 0) is 26.2 Å². The molecule has 3 atom stereocenters. The molecule has 0 aromatic heterocycles. The van der Waals surface area contributed by atoms with Gasteiger partial charge in [-0.15, -0.1) is 0 Å². The summed E-state index contributed by atoms with van der Waals surface area (Å²) in [7, 11) is 1.60. The maximum atomic E-state index is 8.88. The van der Waals surface area contributed by atoms with Crippen molar-refractivity contribution in [1.29, 1.82) is 0 Å². The maximum Gasteiger partial charge on any atom is 0.146 e. The first-order valence-corrected chi connectivity index (χ1v) is 5.14. The lowest BCUT2D eigenvalue weighted by Gasteiger charge is -2.34. The standard InChI is InChI=1S/C10H20O4/c1-8-3-4-9(13-7-12-2)10(14-8)5-6-11/h8-11H,3-7H2,1-2H3/t8-,9+,10-/m1/s1. The van der Waals surface area contributed by atoms with Gasteiger partial charge in [0.05, 0.1) is 18.3 Å². The van der Waals surface area contributed by atoms with Crippen LogP contribution in [0.3, 0.4) is 0 Å². The zero-order valence-corrected chi connectivity index (χ0v) is 8.94. The molecule has 84 valence electrons. The van der Waals surface area contributed by atoms with Crippen molar-refractivity contribution in [2.24, 2.45) is 0 Å². The molecule has 0 aromatic rings. The van der Waals surface area contributed by atoms with Crippen molar-refractivity contribution in [2.75, 3.05) is 20.5 Å². The van der Waals surface area contributed by atoms with Crippen molar-refractivity contribution in [1.82, 2.24) is 0 Å². The summed E-state index contributed by atoms with van der Waals surface area (Å²) in [4.78, 5) is 0. The lowest BCUT2D eigenvalue weighted by molar-refractivity contribution is -0.171. The fourth-order valence-corrected chi connectivity index (χ4v) is 1.77. The third-order valence-electron chi connectivity index (χ3n) is 2.49. The molecule has 4 heteroatoms. The van der Waals surface area contributed by atoms with Gasteiger partial charge in [0.15, 0.2) is 0 Å². The summed E-state index contributed by atoms with van der Waals surface area (Å²) >= 11 is 0. The summed E-state index contributed by atoms with van der Waals surface area (Å²) in [5.41, 5.74) is 0. The lowest BCUT2D eigenvalue weighted by Crippen LogP contribution is -2.40. The third kappa shape index (κ3) is 3.53. The van der Waals surface area contributed by atoms with E-state index < -0.39 is 0 Å². The van der Waals surface area contributed by atoms with Crippen LogP contribution in [0.15, 0.2) is 0 Å². The first-order valence-electron chi connectivity index (χ1n) is 5.14. The number of ether oxygens (including phenoxy) is 3. The summed E-state index contributed by atoms with van der Waals surface area (Å²) in [6.07, 6.45) is 2.98. The van der Waals surface area contributed by atoms with Crippen LogP contribution < -0.4 is 0 Å². The van der Waals surface area contributed by atoms with Gasteiger partial charge in [-0.25, -0.2) is 0 Å². The van der Waals surface area contributed by atoms with E-state index in [0.717, 1.165) is 12.8 Å². The molecule has 1 aliphatic heterocycles. The van der Waals surface area contributed by atoms with E-state index in [1.54, 1.807) is 7.11 Å². The molecule has 14 heavy (non-hydrogen) atoms. The SMILES string of the molecule is COCO[C@H]1CC[C@@H](C)O[C@@H]1CCO. The summed E-state index contributed by atoms with van der Waals surface area (Å²) < 4.78 is 16.0. The highest BCUT2D eigenvalue weighted by molar-refractivity contribution is 4.77. The van der Waals surface area contributed by atoms with Gasteiger partial charge in [0.2, 0.25) is 0 Å². The minimum absolute atomic E-state index is 0.0129. The van der Waals surface area contributed by atoms with Gasteiger partial charge in [0.25, 0.3) is 0 Å². The molecule has 0 unspecified atom stereocenters. The molecule has 0 amide bonds. The summed E-state index contributed by atoms with van der Waals surface area (Å²) in [5, 5.41) is 8.88. The van der Waals surface area contributed by atoms with Gasteiger partial charge in [0.1, 0.15) is 6.79 Å². The number of aliphatic hydroxyl groups excluding tert-OH is 1. The second-order valence-corrected chi connectivity index (χ2v) is 3.69. The molecule has 0 radical (unpaired) electrons. The quantitative estimate of drug-likeness (QED) is 0.677. The fourth-order valence-electron chi connectivity index (χ4n) is 1.77. The van der Waals surface area contributed by atoms with Crippen molar-refractivity contribution in [3.63, 3.8) is 0 Å². The van der Waals surface area contributed by atoms with E-state index in [2.05, 4.69) is 6.92 Å². The van der Waals surface area contributed by atoms with E-state index in [1.165, 1.54) is 0 Å². The van der Waals surface area contributed by atoms with Crippen LogP contribution >= 0.6 is 0 Å². The van der Waals surface area contributed by atoms with Crippen LogP contribution in [0, 0.1) is 0 Å². The molecule has 1 saturated heterocycles. The van der Waals surface area contributed by atoms with Crippen molar-refractivity contribution in [3.8, 4) is 0 Å². The number of hydrogen-bond acceptors (Lipinski definition) is 4. The van der Waals surface area contributed by atoms with Crippen LogP contribution in [-0.2, 0) is 14.2 Å². The fraction of sp³-hybridized carbons (Fsp3) is 1.00. The van der Waals surface area contributed by atoms with Crippen molar-refractivity contribution < 1.29 is 19.3 Å². The number of methoxy groups -OCH3 is 1. The third-order valence-corrected chi connectivity index (χ3v) is 2.49. The second kappa shape index (κ2) is 6.35. The Morgan fingerprint density at radius 3 is 2.86 bits per heavy atom. The highest BCUT2D eigenvalue weighted by Crippen LogP contribution is 2.23. The van der Waals surface area contributed by atoms with Gasteiger partial charge in [0, 0.05) is 13.7 Å². The zero-order chi connectivity index (χ0) is 10.4. The van der Waals surface area contributed by atoms with E-state index in [4.69, 9.17) is 19.3 Å². The van der Waals surface area contributed by atoms with E-state index >= 15 is 0 Å². The van der Waals surface area contributed by atoms with Gasteiger partial charge in [-0.1, -0.05) is 0 Å². The highest BCUT2D eigenvalue weighted by Gasteiger charge is 2.29. The van der Waals surface area contributed by atoms with Crippen LogP contribution in [0.4, 0.5) is 0 Å². The molecular weight excluding hydrogens is 184 g/mol. The summed E-state index contributed by atoms with van der Waals surface area (Å²) in [6.45, 7) is 2.49. The molecule has 1 heterocycles. The first kappa shape index (κ1) is 11.9. The van der Waals surface area contributed by atoms with Crippen molar-refractivity contribution in [2.45, 2.75) is 44.5 Å². The van der Waals surface area contributed by atoms with Crippen LogP contribution in [0.5, 0.6) is 0 Å². The molecule has 0 saturated carbocycles. The molecule has 0 bridgehead atoms. The van der Waals surface area contributed by atoms with E-state index in [1.807, 2.05) is 0 Å². The van der Waals surface area contributed by atoms with Gasteiger partial charge in [-0.2, -0.15) is 0 Å². The lowest BCUT2D eigenvalue weighted by atomic mass is 9.99. The number of rotatable bonds is 5. The Hall–Kier alpha value is -0.160. The highest BCUT2D eigenvalue weighted by atomic mass is 16.7. The minimum Gasteiger partial charge on any atom is -0.396 e. The van der Waals surface area contributed by atoms with Crippen molar-refractivity contribution in [3.05, 3.63) is 0 Å². The summed E-state index contributed by atoms with van der Waals surface area (Å²) in [6, 6.07) is 0. The first-order chi connectivity index (χ1) is 6.77. The van der Waals surface area contributed by atoms with Gasteiger partial charge in [-0.3, -0.25) is 0 Å². The molecule has 1 rings (SSSR count). The average Bonchev–Trinajstić information content (AvgIpc) is 2.17. The van der Waals surface area contributed by atoms with E-state index in [9.17, 15) is 0 Å². The second-order valence-electron chi connectivity index (χ2n) is 3.69. The predicted molar refractivity (Wildman–Crippen MR) is 52.0 cm³/mol. The molecule has 0 spiro atoms. The largest absolute Gasteiger partial charge is 0.396 e. The van der Waals surface area contributed by atoms with Crippen molar-refractivity contribution >= 4 is 0 Å². The topological polar surface area (TPSA) is 47.9 Å². The average molecular weight is 204 g/mol. The van der Waals surface area contributed by atoms with Gasteiger partial charge < -0.3 is 19.3 Å². The molecule has 1 N–H and O–H groups in total. The number of hydrogen-bond donors (Lipinski definition) is 1. The Labute approximate surface area is 85.2 Å². The van der Waals surface area contributed by atoms with Crippen LogP contribution in [0.25, 0.3) is 0 Å². The van der Waals surface area contributed by atoms with Crippen LogP contribution in [0.2, 0.25) is 0 Å². The maximum absolute atomic E-state index is 8.88. The smallest absolute Gasteiger partial charge is 0.146 e. The molecule has 1 aliphatic rings. The Morgan fingerprint density at radius 1 is 1.43 bits per heavy atom. The zero-order valence-electron chi connectivity index (χ0n) is 8.94. The normalized spacial score (nSPS) is 33.2. The molecule has 1 fully saturated rings.